The van der Waals surface area contributed by atoms with Crippen LogP contribution < -0.4 is 5.56 Å². The summed E-state index contributed by atoms with van der Waals surface area (Å²) < 4.78 is 1.62. The molecule has 0 atom stereocenters. The molecule has 0 aliphatic heterocycles. The van der Waals surface area contributed by atoms with Crippen molar-refractivity contribution in [3.05, 3.63) is 74.9 Å². The summed E-state index contributed by atoms with van der Waals surface area (Å²) in [4.78, 5) is 21.9. The maximum Gasteiger partial charge on any atom is 0.258 e. The van der Waals surface area contributed by atoms with Gasteiger partial charge in [-0.25, -0.2) is 9.97 Å². The van der Waals surface area contributed by atoms with Gasteiger partial charge in [0, 0.05) is 22.9 Å². The van der Waals surface area contributed by atoms with E-state index in [-0.39, 0.29) is 5.56 Å². The number of aromatic nitrogens is 5. The Morgan fingerprint density at radius 2 is 2.08 bits per heavy atom. The third kappa shape index (κ3) is 3.61. The Morgan fingerprint density at radius 1 is 1.23 bits per heavy atom. The fourth-order valence-electron chi connectivity index (χ4n) is 2.45. The minimum Gasteiger partial charge on any atom is -0.269 e. The molecule has 0 radical (unpaired) electrons. The molecule has 0 aliphatic rings. The Kier molecular flexibility index (Phi) is 4.68. The summed E-state index contributed by atoms with van der Waals surface area (Å²) in [6.07, 6.45) is 3.86. The lowest BCUT2D eigenvalue weighted by Gasteiger charge is -1.99. The quantitative estimate of drug-likeness (QED) is 0.534. The van der Waals surface area contributed by atoms with Crippen molar-refractivity contribution >= 4 is 40.2 Å². The van der Waals surface area contributed by atoms with Gasteiger partial charge in [0.15, 0.2) is 4.96 Å². The lowest BCUT2D eigenvalue weighted by atomic mass is 10.2. The molecule has 0 fully saturated rings. The molecule has 6 nitrogen and oxygen atoms in total. The number of rotatable bonds is 5. The highest BCUT2D eigenvalue weighted by Gasteiger charge is 2.08. The first-order valence-electron chi connectivity index (χ1n) is 7.94. The van der Waals surface area contributed by atoms with E-state index in [2.05, 4.69) is 20.2 Å². The molecule has 3 heterocycles. The second-order valence-corrected chi connectivity index (χ2v) is 7.40. The Balaban J connectivity index is 1.45. The summed E-state index contributed by atoms with van der Waals surface area (Å²) in [6, 6.07) is 11.6. The van der Waals surface area contributed by atoms with Crippen molar-refractivity contribution in [2.45, 2.75) is 17.8 Å². The summed E-state index contributed by atoms with van der Waals surface area (Å²) in [5, 5.41) is 9.66. The van der Waals surface area contributed by atoms with Gasteiger partial charge in [-0.05, 0) is 18.6 Å². The van der Waals surface area contributed by atoms with Gasteiger partial charge in [-0.15, -0.1) is 16.4 Å². The molecule has 8 heteroatoms. The third-order valence-electron chi connectivity index (χ3n) is 3.69. The first-order chi connectivity index (χ1) is 12.7. The number of hydrogen-bond donors (Lipinski definition) is 1. The zero-order chi connectivity index (χ0) is 17.9. The van der Waals surface area contributed by atoms with Gasteiger partial charge in [-0.2, -0.15) is 0 Å². The molecule has 0 aliphatic carbocycles. The number of aryl methyl sites for hydroxylation is 1. The molecule has 1 N–H and O–H groups in total. The highest BCUT2D eigenvalue weighted by atomic mass is 32.2. The largest absolute Gasteiger partial charge is 0.269 e. The van der Waals surface area contributed by atoms with Crippen LogP contribution in [0.3, 0.4) is 0 Å². The van der Waals surface area contributed by atoms with Crippen LogP contribution in [0.2, 0.25) is 0 Å². The van der Waals surface area contributed by atoms with Crippen LogP contribution in [0.4, 0.5) is 0 Å². The van der Waals surface area contributed by atoms with Crippen LogP contribution in [0.15, 0.2) is 51.7 Å². The van der Waals surface area contributed by atoms with Crippen molar-refractivity contribution in [3.8, 4) is 0 Å². The van der Waals surface area contributed by atoms with E-state index < -0.39 is 0 Å². The van der Waals surface area contributed by atoms with E-state index in [0.29, 0.717) is 21.7 Å². The molecule has 26 heavy (non-hydrogen) atoms. The summed E-state index contributed by atoms with van der Waals surface area (Å²) in [6.45, 7) is 1.90. The summed E-state index contributed by atoms with van der Waals surface area (Å²) >= 11 is 2.92. The van der Waals surface area contributed by atoms with Crippen molar-refractivity contribution < 1.29 is 0 Å². The van der Waals surface area contributed by atoms with Crippen LogP contribution in [0, 0.1) is 6.92 Å². The van der Waals surface area contributed by atoms with Crippen LogP contribution in [-0.4, -0.2) is 24.6 Å². The van der Waals surface area contributed by atoms with Gasteiger partial charge in [0.1, 0.15) is 5.82 Å². The molecular formula is C18H15N5OS2. The molecule has 0 saturated heterocycles. The normalized spacial score (nSPS) is 11.6. The number of nitrogens with one attached hydrogen (secondary N) is 1. The van der Waals surface area contributed by atoms with Crippen molar-refractivity contribution in [2.75, 3.05) is 0 Å². The Morgan fingerprint density at radius 3 is 2.92 bits per heavy atom. The zero-order valence-electron chi connectivity index (χ0n) is 13.9. The second kappa shape index (κ2) is 7.27. The van der Waals surface area contributed by atoms with Crippen LogP contribution in [-0.2, 0) is 5.75 Å². The molecule has 1 aromatic carbocycles. The molecular weight excluding hydrogens is 366 g/mol. The molecule has 4 rings (SSSR count). The average molecular weight is 381 g/mol. The Bertz CT molecular complexity index is 1130. The number of benzene rings is 1. The molecule has 0 unspecified atom stereocenters. The van der Waals surface area contributed by atoms with Crippen LogP contribution >= 0.6 is 23.1 Å². The van der Waals surface area contributed by atoms with Crippen molar-refractivity contribution in [2.24, 2.45) is 0 Å². The van der Waals surface area contributed by atoms with Gasteiger partial charge < -0.3 is 0 Å². The number of aromatic amines is 1. The number of fused-ring (bicyclic) bond motifs is 1. The standard InChI is InChI=1S/C18H15N5OS2/c1-12-10-26-18-19-14(9-16(24)23(12)18)11-25-17-20-15(21-22-17)8-7-13-5-3-2-4-6-13/h2-10H,11H2,1H3,(H,20,21,22)/b8-7+. The third-order valence-corrected chi connectivity index (χ3v) is 5.52. The second-order valence-electron chi connectivity index (χ2n) is 5.62. The number of H-pyrrole nitrogens is 1. The highest BCUT2D eigenvalue weighted by Crippen LogP contribution is 2.19. The fraction of sp³-hybridized carbons (Fsp3) is 0.111. The zero-order valence-corrected chi connectivity index (χ0v) is 15.5. The smallest absolute Gasteiger partial charge is 0.258 e. The predicted molar refractivity (Wildman–Crippen MR) is 105 cm³/mol. The van der Waals surface area contributed by atoms with Gasteiger partial charge in [-0.1, -0.05) is 48.2 Å². The van der Waals surface area contributed by atoms with E-state index in [1.54, 1.807) is 10.5 Å². The van der Waals surface area contributed by atoms with E-state index >= 15 is 0 Å². The van der Waals surface area contributed by atoms with Gasteiger partial charge >= 0.3 is 0 Å². The van der Waals surface area contributed by atoms with Crippen LogP contribution in [0.1, 0.15) is 22.8 Å². The molecule has 0 spiro atoms. The van der Waals surface area contributed by atoms with Gasteiger partial charge in [0.25, 0.3) is 5.56 Å². The Labute approximate surface area is 157 Å². The van der Waals surface area contributed by atoms with E-state index in [9.17, 15) is 4.79 Å². The maximum atomic E-state index is 12.2. The number of nitrogens with zero attached hydrogens (tertiary/aromatic N) is 4. The monoisotopic (exact) mass is 381 g/mol. The average Bonchev–Trinajstić information content (AvgIpc) is 3.26. The minimum atomic E-state index is -0.0502. The number of thioether (sulfide) groups is 1. The molecule has 3 aromatic heterocycles. The van der Waals surface area contributed by atoms with Gasteiger partial charge in [-0.3, -0.25) is 14.3 Å². The van der Waals surface area contributed by atoms with E-state index in [1.165, 1.54) is 23.1 Å². The van der Waals surface area contributed by atoms with Gasteiger partial charge in [0.2, 0.25) is 5.16 Å². The van der Waals surface area contributed by atoms with E-state index in [1.807, 2.05) is 54.8 Å². The maximum absolute atomic E-state index is 12.2. The van der Waals surface area contributed by atoms with Crippen molar-refractivity contribution in [1.29, 1.82) is 0 Å². The van der Waals surface area contributed by atoms with E-state index in [0.717, 1.165) is 17.0 Å². The number of thiazole rings is 1. The first-order valence-corrected chi connectivity index (χ1v) is 9.81. The summed E-state index contributed by atoms with van der Waals surface area (Å²) in [5.74, 6) is 1.23. The Hall–Kier alpha value is -2.71. The topological polar surface area (TPSA) is 75.9 Å². The van der Waals surface area contributed by atoms with Crippen molar-refractivity contribution in [1.82, 2.24) is 24.6 Å². The predicted octanol–water partition coefficient (Wildman–Crippen LogP) is 3.65. The van der Waals surface area contributed by atoms with E-state index in [4.69, 9.17) is 0 Å². The van der Waals surface area contributed by atoms with Crippen LogP contribution in [0.25, 0.3) is 17.1 Å². The lowest BCUT2D eigenvalue weighted by Crippen LogP contribution is -2.14. The first kappa shape index (κ1) is 16.7. The van der Waals surface area contributed by atoms with Gasteiger partial charge in [0.05, 0.1) is 5.69 Å². The highest BCUT2D eigenvalue weighted by molar-refractivity contribution is 7.98. The molecule has 0 bridgehead atoms. The summed E-state index contributed by atoms with van der Waals surface area (Å²) in [5.41, 5.74) is 2.69. The molecule has 0 amide bonds. The molecule has 4 aromatic rings. The van der Waals surface area contributed by atoms with Crippen LogP contribution in [0.5, 0.6) is 0 Å². The SMILES string of the molecule is Cc1csc2nc(CSc3n[nH]c(/C=C/c4ccccc4)n3)cc(=O)n12. The number of hydrogen-bond acceptors (Lipinski definition) is 6. The molecule has 130 valence electrons. The lowest BCUT2D eigenvalue weighted by molar-refractivity contribution is 0.966. The summed E-state index contributed by atoms with van der Waals surface area (Å²) in [7, 11) is 0. The fourth-order valence-corrected chi connectivity index (χ4v) is 4.04. The van der Waals surface area contributed by atoms with Crippen molar-refractivity contribution in [3.63, 3.8) is 0 Å². The molecule has 0 saturated carbocycles. The minimum absolute atomic E-state index is 0.0502.